The molecule has 10 heteroatoms. The predicted molar refractivity (Wildman–Crippen MR) is 107 cm³/mol. The molecule has 2 rings (SSSR count). The van der Waals surface area contributed by atoms with Crippen molar-refractivity contribution in [3.63, 3.8) is 0 Å². The van der Waals surface area contributed by atoms with Gasteiger partial charge in [0.05, 0.1) is 18.9 Å². The summed E-state index contributed by atoms with van der Waals surface area (Å²) in [4.78, 5) is 25.0. The summed E-state index contributed by atoms with van der Waals surface area (Å²) in [5, 5.41) is -0.511. The number of rotatable bonds is 9. The van der Waals surface area contributed by atoms with Crippen LogP contribution in [0.2, 0.25) is 0 Å². The van der Waals surface area contributed by atoms with E-state index in [1.807, 2.05) is 0 Å². The van der Waals surface area contributed by atoms with Crippen LogP contribution >= 0.6 is 11.6 Å². The molecule has 1 aromatic rings. The number of hydrogen-bond donors (Lipinski definition) is 1. The van der Waals surface area contributed by atoms with E-state index in [4.69, 9.17) is 22.1 Å². The molecule has 2 N–H and O–H groups in total. The quantitative estimate of drug-likeness (QED) is 0.462. The van der Waals surface area contributed by atoms with E-state index in [1.165, 1.54) is 10.6 Å². The van der Waals surface area contributed by atoms with Crippen molar-refractivity contribution in [3.8, 4) is 5.75 Å². The Morgan fingerprint density at radius 1 is 1.14 bits per heavy atom. The van der Waals surface area contributed by atoms with E-state index in [2.05, 4.69) is 0 Å². The zero-order valence-electron chi connectivity index (χ0n) is 15.8. The highest BCUT2D eigenvalue weighted by atomic mass is 35.5. The van der Waals surface area contributed by atoms with Crippen LogP contribution in [0.1, 0.15) is 29.6 Å². The largest absolute Gasteiger partial charge is 0.494 e. The molecule has 1 fully saturated rings. The molecule has 28 heavy (non-hydrogen) atoms. The monoisotopic (exact) mass is 431 g/mol. The third-order valence-corrected chi connectivity index (χ3v) is 6.12. The number of sulfonamides is 1. The fraction of sp³-hybridized carbons (Fsp3) is 0.556. The summed E-state index contributed by atoms with van der Waals surface area (Å²) in [6.45, 7) is 1.81. The van der Waals surface area contributed by atoms with Gasteiger partial charge in [-0.3, -0.25) is 9.59 Å². The molecule has 1 amide bonds. The third-order valence-electron chi connectivity index (χ3n) is 4.60. The Kier molecular flexibility index (Phi) is 8.23. The van der Waals surface area contributed by atoms with Crippen LogP contribution in [0.25, 0.3) is 0 Å². The molecule has 1 aliphatic rings. The molecule has 0 saturated carbocycles. The van der Waals surface area contributed by atoms with Gasteiger partial charge < -0.3 is 15.4 Å². The summed E-state index contributed by atoms with van der Waals surface area (Å²) < 4.78 is 30.0. The Balaban J connectivity index is 1.65. The fourth-order valence-corrected chi connectivity index (χ4v) is 3.89. The van der Waals surface area contributed by atoms with Crippen molar-refractivity contribution in [1.29, 1.82) is 0 Å². The molecule has 156 valence electrons. The zero-order chi connectivity index (χ0) is 20.7. The summed E-state index contributed by atoms with van der Waals surface area (Å²) in [5.41, 5.74) is 6.41. The van der Waals surface area contributed by atoms with Gasteiger partial charge in [0.15, 0.2) is 0 Å². The third kappa shape index (κ3) is 6.73. The molecule has 1 heterocycles. The number of carbonyl (C=O) groups excluding carboxylic acids is 2. The highest BCUT2D eigenvalue weighted by Crippen LogP contribution is 2.15. The van der Waals surface area contributed by atoms with Gasteiger partial charge in [-0.25, -0.2) is 8.42 Å². The highest BCUT2D eigenvalue weighted by Gasteiger charge is 2.28. The number of amides is 1. The van der Waals surface area contributed by atoms with E-state index in [1.54, 1.807) is 29.2 Å². The van der Waals surface area contributed by atoms with Crippen molar-refractivity contribution in [2.24, 2.45) is 5.73 Å². The van der Waals surface area contributed by atoms with E-state index < -0.39 is 21.3 Å². The minimum absolute atomic E-state index is 0.143. The molecule has 8 nitrogen and oxygen atoms in total. The Hall–Kier alpha value is -1.68. The molecule has 1 atom stereocenters. The Morgan fingerprint density at radius 3 is 2.29 bits per heavy atom. The molecule has 0 unspecified atom stereocenters. The van der Waals surface area contributed by atoms with Crippen molar-refractivity contribution in [3.05, 3.63) is 29.8 Å². The maximum atomic E-state index is 12.4. The second-order valence-electron chi connectivity index (χ2n) is 6.74. The van der Waals surface area contributed by atoms with E-state index in [9.17, 15) is 18.0 Å². The van der Waals surface area contributed by atoms with E-state index in [0.717, 1.165) is 12.8 Å². The normalized spacial score (nSPS) is 16.6. The van der Waals surface area contributed by atoms with Crippen LogP contribution in [0, 0.1) is 0 Å². The molecule has 0 radical (unpaired) electrons. The van der Waals surface area contributed by atoms with Crippen molar-refractivity contribution in [2.75, 3.05) is 39.0 Å². The molecular weight excluding hydrogens is 406 g/mol. The number of hydrogen-bond acceptors (Lipinski definition) is 6. The second-order valence-corrected chi connectivity index (χ2v) is 9.06. The van der Waals surface area contributed by atoms with Gasteiger partial charge in [0.1, 0.15) is 5.75 Å². The van der Waals surface area contributed by atoms with Gasteiger partial charge in [-0.05, 0) is 55.1 Å². The zero-order valence-corrected chi connectivity index (χ0v) is 17.4. The van der Waals surface area contributed by atoms with E-state index in [-0.39, 0.29) is 5.91 Å². The standard InChI is InChI=1S/C18H26ClN3O5S/c1-28(25,26)22-11-9-21(10-12-22)18(24)16(20)4-2-3-13-27-15-7-5-14(6-8-15)17(19)23/h5-8,16H,2-4,9-13,20H2,1H3/t16-/m0/s1. The Bertz CT molecular complexity index is 777. The van der Waals surface area contributed by atoms with E-state index >= 15 is 0 Å². The SMILES string of the molecule is CS(=O)(=O)N1CCN(C(=O)[C@@H](N)CCCCOc2ccc(C(=O)Cl)cc2)CC1. The van der Waals surface area contributed by atoms with Crippen LogP contribution < -0.4 is 10.5 Å². The van der Waals surface area contributed by atoms with Crippen molar-refractivity contribution in [1.82, 2.24) is 9.21 Å². The second kappa shape index (κ2) is 10.2. The predicted octanol–water partition coefficient (Wildman–Crippen LogP) is 1.05. The summed E-state index contributed by atoms with van der Waals surface area (Å²) in [6.07, 6.45) is 3.17. The number of piperazine rings is 1. The minimum Gasteiger partial charge on any atom is -0.494 e. The first kappa shape index (κ1) is 22.6. The molecule has 0 aromatic heterocycles. The van der Waals surface area contributed by atoms with Gasteiger partial charge in [-0.2, -0.15) is 4.31 Å². The van der Waals surface area contributed by atoms with Gasteiger partial charge >= 0.3 is 0 Å². The average molecular weight is 432 g/mol. The van der Waals surface area contributed by atoms with Crippen LogP contribution in [0.15, 0.2) is 24.3 Å². The minimum atomic E-state index is -3.22. The van der Waals surface area contributed by atoms with Gasteiger partial charge in [0.25, 0.3) is 5.24 Å². The lowest BCUT2D eigenvalue weighted by Crippen LogP contribution is -2.54. The summed E-state index contributed by atoms with van der Waals surface area (Å²) in [5.74, 6) is 0.501. The first-order chi connectivity index (χ1) is 13.2. The number of carbonyl (C=O) groups is 2. The summed E-state index contributed by atoms with van der Waals surface area (Å²) in [7, 11) is -3.22. The first-order valence-electron chi connectivity index (χ1n) is 9.10. The maximum Gasteiger partial charge on any atom is 0.252 e. The number of nitrogens with zero attached hydrogens (tertiary/aromatic N) is 2. The van der Waals surface area contributed by atoms with Gasteiger partial charge in [-0.1, -0.05) is 0 Å². The van der Waals surface area contributed by atoms with Crippen LogP contribution in [0.3, 0.4) is 0 Å². The molecule has 0 spiro atoms. The van der Waals surface area contributed by atoms with Crippen LogP contribution in [-0.4, -0.2) is 73.9 Å². The first-order valence-corrected chi connectivity index (χ1v) is 11.3. The average Bonchev–Trinajstić information content (AvgIpc) is 2.66. The van der Waals surface area contributed by atoms with Crippen LogP contribution in [-0.2, 0) is 14.8 Å². The maximum absolute atomic E-state index is 12.4. The molecule has 1 aromatic carbocycles. The smallest absolute Gasteiger partial charge is 0.252 e. The lowest BCUT2D eigenvalue weighted by molar-refractivity contribution is -0.134. The van der Waals surface area contributed by atoms with Gasteiger partial charge in [-0.15, -0.1) is 0 Å². The molecular formula is C18H26ClN3O5S. The van der Waals surface area contributed by atoms with Crippen molar-refractivity contribution < 1.29 is 22.7 Å². The Labute approximate surface area is 170 Å². The number of halogens is 1. The van der Waals surface area contributed by atoms with Crippen LogP contribution in [0.4, 0.5) is 0 Å². The summed E-state index contributed by atoms with van der Waals surface area (Å²) in [6, 6.07) is 5.96. The number of ether oxygens (including phenoxy) is 1. The van der Waals surface area contributed by atoms with Gasteiger partial charge in [0.2, 0.25) is 15.9 Å². The van der Waals surface area contributed by atoms with E-state index in [0.29, 0.717) is 50.5 Å². The number of unbranched alkanes of at least 4 members (excludes halogenated alkanes) is 1. The van der Waals surface area contributed by atoms with Crippen molar-refractivity contribution in [2.45, 2.75) is 25.3 Å². The molecule has 0 aliphatic carbocycles. The Morgan fingerprint density at radius 2 is 1.75 bits per heavy atom. The molecule has 0 bridgehead atoms. The highest BCUT2D eigenvalue weighted by molar-refractivity contribution is 7.88. The lowest BCUT2D eigenvalue weighted by atomic mass is 10.1. The number of nitrogens with two attached hydrogens (primary N) is 1. The lowest BCUT2D eigenvalue weighted by Gasteiger charge is -2.34. The fourth-order valence-electron chi connectivity index (χ4n) is 2.94. The molecule has 1 saturated heterocycles. The van der Waals surface area contributed by atoms with Gasteiger partial charge in [0, 0.05) is 31.7 Å². The van der Waals surface area contributed by atoms with Crippen LogP contribution in [0.5, 0.6) is 5.75 Å². The summed E-state index contributed by atoms with van der Waals surface area (Å²) >= 11 is 5.39. The topological polar surface area (TPSA) is 110 Å². The number of benzene rings is 1. The van der Waals surface area contributed by atoms with Crippen molar-refractivity contribution >= 4 is 32.8 Å². The molecule has 1 aliphatic heterocycles.